The van der Waals surface area contributed by atoms with Crippen LogP contribution in [0.25, 0.3) is 11.5 Å². The fraction of sp³-hybridized carbons (Fsp3) is 0.167. The van der Waals surface area contributed by atoms with Gasteiger partial charge in [-0.1, -0.05) is 28.4 Å². The largest absolute Gasteiger partial charge is 0.497 e. The maximum atomic E-state index is 12.2. The maximum absolute atomic E-state index is 12.2. The highest BCUT2D eigenvalue weighted by atomic mass is 16.5. The van der Waals surface area contributed by atoms with Crippen molar-refractivity contribution in [1.29, 1.82) is 0 Å². The van der Waals surface area contributed by atoms with Crippen molar-refractivity contribution in [2.75, 3.05) is 12.4 Å². The van der Waals surface area contributed by atoms with Gasteiger partial charge >= 0.3 is 6.01 Å². The minimum absolute atomic E-state index is 0.0528. The third kappa shape index (κ3) is 3.43. The highest BCUT2D eigenvalue weighted by Gasteiger charge is 2.13. The van der Waals surface area contributed by atoms with E-state index in [1.807, 2.05) is 26.0 Å². The van der Waals surface area contributed by atoms with E-state index in [-0.39, 0.29) is 11.9 Å². The summed E-state index contributed by atoms with van der Waals surface area (Å²) in [6, 6.07) is 12.8. The molecule has 1 amide bonds. The van der Waals surface area contributed by atoms with Gasteiger partial charge in [-0.3, -0.25) is 10.1 Å². The second kappa shape index (κ2) is 6.54. The van der Waals surface area contributed by atoms with E-state index in [1.54, 1.807) is 31.4 Å². The van der Waals surface area contributed by atoms with Crippen molar-refractivity contribution in [3.05, 3.63) is 59.2 Å². The number of aromatic nitrogens is 2. The van der Waals surface area contributed by atoms with Gasteiger partial charge in [-0.15, -0.1) is 5.10 Å². The molecule has 0 saturated carbocycles. The van der Waals surface area contributed by atoms with Crippen LogP contribution in [-0.2, 0) is 0 Å². The number of hydrogen-bond acceptors (Lipinski definition) is 5. The third-order valence-corrected chi connectivity index (χ3v) is 3.45. The first kappa shape index (κ1) is 15.7. The topological polar surface area (TPSA) is 77.2 Å². The van der Waals surface area contributed by atoms with E-state index in [2.05, 4.69) is 21.6 Å². The lowest BCUT2D eigenvalue weighted by atomic mass is 10.1. The number of carbonyl (C=O) groups is 1. The Kier molecular flexibility index (Phi) is 4.29. The van der Waals surface area contributed by atoms with Gasteiger partial charge in [0.1, 0.15) is 5.75 Å². The summed E-state index contributed by atoms with van der Waals surface area (Å²) >= 11 is 0. The fourth-order valence-electron chi connectivity index (χ4n) is 2.42. The summed E-state index contributed by atoms with van der Waals surface area (Å²) < 4.78 is 10.7. The first-order valence-corrected chi connectivity index (χ1v) is 7.43. The molecule has 0 radical (unpaired) electrons. The van der Waals surface area contributed by atoms with E-state index in [9.17, 15) is 4.79 Å². The number of nitrogens with zero attached hydrogens (tertiary/aromatic N) is 2. The molecule has 0 aliphatic carbocycles. The fourth-order valence-corrected chi connectivity index (χ4v) is 2.42. The van der Waals surface area contributed by atoms with Crippen LogP contribution < -0.4 is 10.1 Å². The predicted octanol–water partition coefficient (Wildman–Crippen LogP) is 3.61. The van der Waals surface area contributed by atoms with Gasteiger partial charge in [0.2, 0.25) is 5.89 Å². The Balaban J connectivity index is 1.79. The predicted molar refractivity (Wildman–Crippen MR) is 90.2 cm³/mol. The van der Waals surface area contributed by atoms with Gasteiger partial charge in [0.05, 0.1) is 7.11 Å². The van der Waals surface area contributed by atoms with E-state index < -0.39 is 0 Å². The lowest BCUT2D eigenvalue weighted by molar-refractivity contribution is 0.102. The zero-order chi connectivity index (χ0) is 17.1. The minimum Gasteiger partial charge on any atom is -0.497 e. The molecule has 6 nitrogen and oxygen atoms in total. The molecule has 0 aliphatic rings. The number of anilines is 1. The van der Waals surface area contributed by atoms with Crippen LogP contribution in [0.5, 0.6) is 5.75 Å². The zero-order valence-electron chi connectivity index (χ0n) is 13.7. The zero-order valence-corrected chi connectivity index (χ0v) is 13.7. The van der Waals surface area contributed by atoms with Gasteiger partial charge in [0.25, 0.3) is 5.91 Å². The standard InChI is InChI=1S/C18H17N3O3/c1-11-7-12(2)9-14(8-11)17-20-21-18(24-17)19-16(22)13-5-4-6-15(10-13)23-3/h4-10H,1-3H3,(H,19,21,22). The van der Waals surface area contributed by atoms with Crippen molar-refractivity contribution >= 4 is 11.9 Å². The highest BCUT2D eigenvalue weighted by molar-refractivity contribution is 6.03. The van der Waals surface area contributed by atoms with E-state index in [0.29, 0.717) is 17.2 Å². The molecule has 0 aliphatic heterocycles. The van der Waals surface area contributed by atoms with E-state index in [1.165, 1.54) is 0 Å². The Morgan fingerprint density at radius 2 is 1.83 bits per heavy atom. The number of nitrogens with one attached hydrogen (secondary N) is 1. The van der Waals surface area contributed by atoms with Gasteiger partial charge in [0, 0.05) is 11.1 Å². The quantitative estimate of drug-likeness (QED) is 0.793. The van der Waals surface area contributed by atoms with Gasteiger partial charge in [0.15, 0.2) is 0 Å². The van der Waals surface area contributed by atoms with Gasteiger partial charge < -0.3 is 9.15 Å². The van der Waals surface area contributed by atoms with E-state index in [4.69, 9.17) is 9.15 Å². The molecular weight excluding hydrogens is 306 g/mol. The maximum Gasteiger partial charge on any atom is 0.322 e. The molecule has 3 rings (SSSR count). The van der Waals surface area contributed by atoms with E-state index >= 15 is 0 Å². The molecule has 0 bridgehead atoms. The van der Waals surface area contributed by atoms with E-state index in [0.717, 1.165) is 16.7 Å². The van der Waals surface area contributed by atoms with Crippen molar-refractivity contribution in [1.82, 2.24) is 10.2 Å². The van der Waals surface area contributed by atoms with Crippen LogP contribution in [0.4, 0.5) is 6.01 Å². The van der Waals surface area contributed by atoms with Crippen molar-refractivity contribution in [3.63, 3.8) is 0 Å². The number of ether oxygens (including phenoxy) is 1. The van der Waals surface area contributed by atoms with Crippen LogP contribution in [0.1, 0.15) is 21.5 Å². The second-order valence-corrected chi connectivity index (χ2v) is 5.47. The molecular formula is C18H17N3O3. The molecule has 122 valence electrons. The summed E-state index contributed by atoms with van der Waals surface area (Å²) in [7, 11) is 1.55. The van der Waals surface area contributed by atoms with Gasteiger partial charge in [-0.2, -0.15) is 0 Å². The van der Waals surface area contributed by atoms with Crippen LogP contribution >= 0.6 is 0 Å². The van der Waals surface area contributed by atoms with Crippen LogP contribution in [-0.4, -0.2) is 23.2 Å². The Hall–Kier alpha value is -3.15. The van der Waals surface area contributed by atoms with Crippen molar-refractivity contribution in [2.24, 2.45) is 0 Å². The third-order valence-electron chi connectivity index (χ3n) is 3.45. The summed E-state index contributed by atoms with van der Waals surface area (Å²) in [4.78, 5) is 12.2. The number of methoxy groups -OCH3 is 1. The summed E-state index contributed by atoms with van der Waals surface area (Å²) in [5, 5.41) is 10.5. The molecule has 0 unspecified atom stereocenters. The SMILES string of the molecule is COc1cccc(C(=O)Nc2nnc(-c3cc(C)cc(C)c3)o2)c1. The molecule has 1 N–H and O–H groups in total. The summed E-state index contributed by atoms with van der Waals surface area (Å²) in [5.41, 5.74) is 3.47. The van der Waals surface area contributed by atoms with Gasteiger partial charge in [-0.25, -0.2) is 0 Å². The van der Waals surface area contributed by atoms with Crippen molar-refractivity contribution < 1.29 is 13.9 Å². The molecule has 6 heteroatoms. The molecule has 1 aromatic heterocycles. The number of aryl methyl sites for hydroxylation is 2. The summed E-state index contributed by atoms with van der Waals surface area (Å²) in [5.74, 6) is 0.622. The highest BCUT2D eigenvalue weighted by Crippen LogP contribution is 2.23. The molecule has 0 spiro atoms. The molecule has 1 heterocycles. The molecule has 2 aromatic carbocycles. The normalized spacial score (nSPS) is 10.5. The lowest BCUT2D eigenvalue weighted by Gasteiger charge is -2.03. The number of carbonyl (C=O) groups excluding carboxylic acids is 1. The number of hydrogen-bond donors (Lipinski definition) is 1. The van der Waals surface area contributed by atoms with Crippen molar-refractivity contribution in [3.8, 4) is 17.2 Å². The summed E-state index contributed by atoms with van der Waals surface area (Å²) in [6.07, 6.45) is 0. The molecule has 0 fully saturated rings. The lowest BCUT2D eigenvalue weighted by Crippen LogP contribution is -2.12. The molecule has 3 aromatic rings. The number of amides is 1. The Morgan fingerprint density at radius 1 is 1.08 bits per heavy atom. The first-order chi connectivity index (χ1) is 11.5. The second-order valence-electron chi connectivity index (χ2n) is 5.47. The Bertz CT molecular complexity index is 866. The number of benzene rings is 2. The van der Waals surface area contributed by atoms with Crippen LogP contribution in [0.2, 0.25) is 0 Å². The molecule has 0 atom stereocenters. The van der Waals surface area contributed by atoms with Crippen LogP contribution in [0.15, 0.2) is 46.9 Å². The van der Waals surface area contributed by atoms with Crippen LogP contribution in [0, 0.1) is 13.8 Å². The van der Waals surface area contributed by atoms with Gasteiger partial charge in [-0.05, 0) is 44.2 Å². The average molecular weight is 323 g/mol. The monoisotopic (exact) mass is 323 g/mol. The first-order valence-electron chi connectivity index (χ1n) is 7.43. The van der Waals surface area contributed by atoms with Crippen molar-refractivity contribution in [2.45, 2.75) is 13.8 Å². The minimum atomic E-state index is -0.343. The Labute approximate surface area is 139 Å². The Morgan fingerprint density at radius 3 is 2.54 bits per heavy atom. The van der Waals surface area contributed by atoms with Crippen LogP contribution in [0.3, 0.4) is 0 Å². The summed E-state index contributed by atoms with van der Waals surface area (Å²) in [6.45, 7) is 4.00. The molecule has 24 heavy (non-hydrogen) atoms. The molecule has 0 saturated heterocycles. The average Bonchev–Trinajstić information content (AvgIpc) is 3.02. The smallest absolute Gasteiger partial charge is 0.322 e. The number of rotatable bonds is 4.